The van der Waals surface area contributed by atoms with Crippen LogP contribution in [0.25, 0.3) is 16.8 Å². The highest BCUT2D eigenvalue weighted by Gasteiger charge is 2.48. The minimum atomic E-state index is -0.956. The first-order valence-corrected chi connectivity index (χ1v) is 12.0. The van der Waals surface area contributed by atoms with Crippen LogP contribution in [0.15, 0.2) is 60.2 Å². The molecule has 5 rings (SSSR count). The Kier molecular flexibility index (Phi) is 6.61. The lowest BCUT2D eigenvalue weighted by molar-refractivity contribution is -0.132. The molecule has 1 unspecified atom stereocenters. The van der Waals surface area contributed by atoms with Crippen molar-refractivity contribution in [2.75, 3.05) is 33.3 Å². The van der Waals surface area contributed by atoms with Gasteiger partial charge in [0, 0.05) is 17.7 Å². The first-order chi connectivity index (χ1) is 18.8. The molecule has 1 saturated heterocycles. The van der Waals surface area contributed by atoms with Gasteiger partial charge in [-0.1, -0.05) is 29.8 Å². The van der Waals surface area contributed by atoms with Crippen LogP contribution in [-0.2, 0) is 9.59 Å². The summed E-state index contributed by atoms with van der Waals surface area (Å²) in [5, 5.41) is 11.5. The molecule has 0 radical (unpaired) electrons. The van der Waals surface area contributed by atoms with E-state index in [1.807, 2.05) is 25.1 Å². The van der Waals surface area contributed by atoms with Crippen molar-refractivity contribution in [2.24, 2.45) is 0 Å². The lowest BCUT2D eigenvalue weighted by Gasteiger charge is -2.23. The maximum atomic E-state index is 13.5. The number of aliphatic hydroxyl groups excluding tert-OH is 1. The monoisotopic (exact) mass is 529 g/mol. The van der Waals surface area contributed by atoms with E-state index >= 15 is 0 Å². The third-order valence-corrected chi connectivity index (χ3v) is 6.66. The van der Waals surface area contributed by atoms with Crippen molar-refractivity contribution in [1.82, 2.24) is 9.97 Å². The molecule has 10 nitrogen and oxygen atoms in total. The molecular formula is C29H27N3O7. The lowest BCUT2D eigenvalue weighted by Crippen LogP contribution is -2.30. The van der Waals surface area contributed by atoms with Gasteiger partial charge in [-0.05, 0) is 30.7 Å². The average molecular weight is 530 g/mol. The van der Waals surface area contributed by atoms with Crippen molar-refractivity contribution in [3.8, 4) is 23.0 Å². The van der Waals surface area contributed by atoms with Crippen LogP contribution in [0.3, 0.4) is 0 Å². The molecule has 1 amide bonds. The number of ether oxygens (including phenoxy) is 4. The number of methoxy groups -OCH3 is 4. The van der Waals surface area contributed by atoms with E-state index in [2.05, 4.69) is 9.97 Å². The maximum Gasteiger partial charge on any atom is 0.302 e. The Morgan fingerprint density at radius 3 is 2.21 bits per heavy atom. The van der Waals surface area contributed by atoms with Crippen LogP contribution in [0.1, 0.15) is 22.7 Å². The number of ketones is 1. The van der Waals surface area contributed by atoms with E-state index in [9.17, 15) is 14.7 Å². The topological polar surface area (TPSA) is 123 Å². The van der Waals surface area contributed by atoms with E-state index in [0.29, 0.717) is 45.2 Å². The van der Waals surface area contributed by atoms with Crippen molar-refractivity contribution in [3.05, 3.63) is 76.9 Å². The highest BCUT2D eigenvalue weighted by atomic mass is 16.5. The predicted molar refractivity (Wildman–Crippen MR) is 145 cm³/mol. The zero-order chi connectivity index (χ0) is 27.8. The molecule has 0 spiro atoms. The Labute approximate surface area is 224 Å². The number of rotatable bonds is 7. The zero-order valence-corrected chi connectivity index (χ0v) is 22.1. The number of hydrogen-bond acceptors (Lipinski definition) is 8. The van der Waals surface area contributed by atoms with Crippen LogP contribution >= 0.6 is 0 Å². The Hall–Kier alpha value is -4.99. The number of H-pyrrole nitrogens is 1. The fraction of sp³-hybridized carbons (Fsp3) is 0.207. The largest absolute Gasteiger partial charge is 0.507 e. The summed E-state index contributed by atoms with van der Waals surface area (Å²) >= 11 is 0. The van der Waals surface area contributed by atoms with Gasteiger partial charge in [0.2, 0.25) is 5.95 Å². The van der Waals surface area contributed by atoms with Crippen LogP contribution < -0.4 is 23.8 Å². The number of aryl methyl sites for hydroxylation is 1. The Morgan fingerprint density at radius 1 is 0.872 bits per heavy atom. The Balaban J connectivity index is 1.72. The molecular weight excluding hydrogens is 502 g/mol. The third-order valence-electron chi connectivity index (χ3n) is 6.66. The summed E-state index contributed by atoms with van der Waals surface area (Å²) in [6, 6.07) is 14.6. The summed E-state index contributed by atoms with van der Waals surface area (Å²) in [6.07, 6.45) is 0. The first kappa shape index (κ1) is 25.7. The molecule has 0 bridgehead atoms. The molecule has 0 saturated carbocycles. The van der Waals surface area contributed by atoms with Gasteiger partial charge in [-0.25, -0.2) is 4.98 Å². The van der Waals surface area contributed by atoms with Crippen molar-refractivity contribution in [1.29, 1.82) is 0 Å². The number of nitrogens with one attached hydrogen (secondary N) is 1. The van der Waals surface area contributed by atoms with Crippen molar-refractivity contribution in [2.45, 2.75) is 13.0 Å². The number of carbonyl (C=O) groups excluding carboxylic acids is 2. The van der Waals surface area contributed by atoms with Crippen molar-refractivity contribution in [3.63, 3.8) is 0 Å². The van der Waals surface area contributed by atoms with Crippen LogP contribution in [0.2, 0.25) is 0 Å². The molecule has 3 aromatic carbocycles. The van der Waals surface area contributed by atoms with Gasteiger partial charge in [-0.3, -0.25) is 14.5 Å². The van der Waals surface area contributed by atoms with Gasteiger partial charge in [0.15, 0.2) is 23.0 Å². The smallest absolute Gasteiger partial charge is 0.302 e. The molecule has 1 atom stereocenters. The van der Waals surface area contributed by atoms with Gasteiger partial charge in [-0.2, -0.15) is 0 Å². The number of Topliss-reactive ketones (excluding diaryl/α,β-unsaturated/α-hetero) is 1. The van der Waals surface area contributed by atoms with Gasteiger partial charge < -0.3 is 29.0 Å². The number of fused-ring (bicyclic) bond motifs is 1. The fourth-order valence-corrected chi connectivity index (χ4v) is 4.78. The maximum absolute atomic E-state index is 13.5. The van der Waals surface area contributed by atoms with E-state index in [0.717, 1.165) is 5.56 Å². The molecule has 4 aromatic rings. The number of amides is 1. The predicted octanol–water partition coefficient (Wildman–Crippen LogP) is 4.53. The highest BCUT2D eigenvalue weighted by Crippen LogP contribution is 2.43. The molecule has 1 aromatic heterocycles. The minimum absolute atomic E-state index is 0.0755. The summed E-state index contributed by atoms with van der Waals surface area (Å²) in [7, 11) is 6.01. The molecule has 1 aliphatic rings. The van der Waals surface area contributed by atoms with E-state index in [1.165, 1.54) is 33.3 Å². The van der Waals surface area contributed by atoms with Crippen molar-refractivity contribution < 1.29 is 33.6 Å². The molecule has 2 N–H and O–H groups in total. The minimum Gasteiger partial charge on any atom is -0.507 e. The standard InChI is InChI=1S/C29H27N3O7/c1-15-7-6-8-16(11-15)25-24(26(33)17-9-10-20(36-2)21(12-17)37-3)27(34)28(35)32(25)29-30-18-13-22(38-4)23(39-5)14-19(18)31-29/h6-14,25,33H,1-5H3,(H,30,31)/b26-24+. The van der Waals surface area contributed by atoms with Crippen molar-refractivity contribution >= 4 is 34.4 Å². The normalized spacial score (nSPS) is 16.5. The first-order valence-electron chi connectivity index (χ1n) is 12.0. The van der Waals surface area contributed by atoms with Gasteiger partial charge in [0.1, 0.15) is 5.76 Å². The number of aromatic amines is 1. The molecule has 200 valence electrons. The van der Waals surface area contributed by atoms with Crippen LogP contribution in [0.5, 0.6) is 23.0 Å². The second kappa shape index (κ2) is 10.1. The molecule has 1 fully saturated rings. The summed E-state index contributed by atoms with van der Waals surface area (Å²) in [6.45, 7) is 1.91. The number of aromatic nitrogens is 2. The zero-order valence-electron chi connectivity index (χ0n) is 22.1. The second-order valence-corrected chi connectivity index (χ2v) is 8.94. The van der Waals surface area contributed by atoms with Gasteiger partial charge in [0.25, 0.3) is 5.78 Å². The number of nitrogens with zero attached hydrogens (tertiary/aromatic N) is 2. The molecule has 10 heteroatoms. The number of carbonyl (C=O) groups is 2. The highest BCUT2D eigenvalue weighted by molar-refractivity contribution is 6.51. The van der Waals surface area contributed by atoms with E-state index in [-0.39, 0.29) is 17.3 Å². The lowest BCUT2D eigenvalue weighted by atomic mass is 9.94. The Morgan fingerprint density at radius 2 is 1.54 bits per heavy atom. The SMILES string of the molecule is COc1ccc(/C(O)=C2\C(=O)C(=O)N(c3nc4cc(OC)c(OC)cc4[nH]3)C2c2cccc(C)c2)cc1OC. The number of aliphatic hydroxyl groups is 1. The number of benzene rings is 3. The Bertz CT molecular complexity index is 1600. The molecule has 1 aliphatic heterocycles. The van der Waals surface area contributed by atoms with Gasteiger partial charge in [-0.15, -0.1) is 0 Å². The van der Waals surface area contributed by atoms with Crippen LogP contribution in [0, 0.1) is 6.92 Å². The number of anilines is 1. The average Bonchev–Trinajstić information content (AvgIpc) is 3.48. The van der Waals surface area contributed by atoms with E-state index in [4.69, 9.17) is 18.9 Å². The van der Waals surface area contributed by atoms with E-state index < -0.39 is 17.7 Å². The van der Waals surface area contributed by atoms with Gasteiger partial charge in [0.05, 0.1) is 51.1 Å². The molecule has 2 heterocycles. The van der Waals surface area contributed by atoms with Gasteiger partial charge >= 0.3 is 5.91 Å². The number of imidazole rings is 1. The van der Waals surface area contributed by atoms with Crippen LogP contribution in [0.4, 0.5) is 5.95 Å². The summed E-state index contributed by atoms with van der Waals surface area (Å²) in [5.74, 6) is -0.116. The van der Waals surface area contributed by atoms with Crippen LogP contribution in [-0.4, -0.2) is 55.2 Å². The van der Waals surface area contributed by atoms with E-state index in [1.54, 1.807) is 36.4 Å². The summed E-state index contributed by atoms with van der Waals surface area (Å²) in [4.78, 5) is 36.1. The molecule has 39 heavy (non-hydrogen) atoms. The third kappa shape index (κ3) is 4.29. The summed E-state index contributed by atoms with van der Waals surface area (Å²) in [5.41, 5.74) is 2.85. The fourth-order valence-electron chi connectivity index (χ4n) is 4.78. The summed E-state index contributed by atoms with van der Waals surface area (Å²) < 4.78 is 21.4. The quantitative estimate of drug-likeness (QED) is 0.203. The number of hydrogen-bond donors (Lipinski definition) is 2. The molecule has 0 aliphatic carbocycles. The second-order valence-electron chi connectivity index (χ2n) is 8.94.